The van der Waals surface area contributed by atoms with Crippen LogP contribution in [-0.4, -0.2) is 12.9 Å². The Morgan fingerprint density at radius 3 is 2.38 bits per heavy atom. The molecule has 0 aliphatic rings. The molecule has 0 atom stereocenters. The SMILES string of the molecule is COc1cc(C)c(C(=O)c2ccccc2N)cc1C(C)C. The van der Waals surface area contributed by atoms with Crippen LogP contribution in [0.4, 0.5) is 5.69 Å². The number of nitrogen functional groups attached to an aromatic ring is 1. The molecular weight excluding hydrogens is 262 g/mol. The minimum absolute atomic E-state index is 0.0462. The Bertz CT molecular complexity index is 675. The van der Waals surface area contributed by atoms with Gasteiger partial charge in [-0.3, -0.25) is 4.79 Å². The minimum atomic E-state index is -0.0462. The largest absolute Gasteiger partial charge is 0.496 e. The van der Waals surface area contributed by atoms with Crippen LogP contribution in [0.3, 0.4) is 0 Å². The first-order valence-corrected chi connectivity index (χ1v) is 7.03. The zero-order valence-electron chi connectivity index (χ0n) is 12.9. The molecule has 0 amide bonds. The Kier molecular flexibility index (Phi) is 4.32. The minimum Gasteiger partial charge on any atom is -0.496 e. The van der Waals surface area contributed by atoms with Gasteiger partial charge in [0.05, 0.1) is 7.11 Å². The monoisotopic (exact) mass is 283 g/mol. The third kappa shape index (κ3) is 2.92. The molecule has 0 saturated heterocycles. The summed E-state index contributed by atoms with van der Waals surface area (Å²) in [5, 5.41) is 0. The number of benzene rings is 2. The van der Waals surface area contributed by atoms with Crippen LogP contribution in [0.5, 0.6) is 5.75 Å². The maximum Gasteiger partial charge on any atom is 0.195 e. The second kappa shape index (κ2) is 6.00. The summed E-state index contributed by atoms with van der Waals surface area (Å²) >= 11 is 0. The van der Waals surface area contributed by atoms with Gasteiger partial charge in [-0.25, -0.2) is 0 Å². The zero-order valence-corrected chi connectivity index (χ0v) is 12.9. The van der Waals surface area contributed by atoms with Crippen molar-refractivity contribution in [2.45, 2.75) is 26.7 Å². The van der Waals surface area contributed by atoms with Crippen LogP contribution in [0, 0.1) is 6.92 Å². The Hall–Kier alpha value is -2.29. The number of ether oxygens (including phenoxy) is 1. The van der Waals surface area contributed by atoms with E-state index in [1.165, 1.54) is 0 Å². The lowest BCUT2D eigenvalue weighted by molar-refractivity contribution is 0.103. The summed E-state index contributed by atoms with van der Waals surface area (Å²) in [6.07, 6.45) is 0. The van der Waals surface area contributed by atoms with Gasteiger partial charge in [-0.15, -0.1) is 0 Å². The Morgan fingerprint density at radius 2 is 1.81 bits per heavy atom. The average molecular weight is 283 g/mol. The molecule has 0 fully saturated rings. The molecule has 0 radical (unpaired) electrons. The van der Waals surface area contributed by atoms with E-state index in [1.807, 2.05) is 31.2 Å². The zero-order chi connectivity index (χ0) is 15.6. The van der Waals surface area contributed by atoms with Crippen molar-refractivity contribution in [1.82, 2.24) is 0 Å². The Labute approximate surface area is 125 Å². The molecule has 0 heterocycles. The van der Waals surface area contributed by atoms with Gasteiger partial charge in [-0.05, 0) is 48.2 Å². The highest BCUT2D eigenvalue weighted by molar-refractivity contribution is 6.13. The molecule has 2 rings (SSSR count). The Morgan fingerprint density at radius 1 is 1.14 bits per heavy atom. The standard InChI is InChI=1S/C18H21NO2/c1-11(2)14-10-15(12(3)9-17(14)21-4)18(20)13-7-5-6-8-16(13)19/h5-11H,19H2,1-4H3. The molecule has 21 heavy (non-hydrogen) atoms. The molecule has 110 valence electrons. The number of hydrogen-bond acceptors (Lipinski definition) is 3. The third-order valence-corrected chi connectivity index (χ3v) is 3.65. The molecule has 0 spiro atoms. The number of ketones is 1. The maximum absolute atomic E-state index is 12.7. The van der Waals surface area contributed by atoms with E-state index in [9.17, 15) is 4.79 Å². The van der Waals surface area contributed by atoms with Crippen molar-refractivity contribution in [2.75, 3.05) is 12.8 Å². The van der Waals surface area contributed by atoms with E-state index in [2.05, 4.69) is 13.8 Å². The summed E-state index contributed by atoms with van der Waals surface area (Å²) in [5.74, 6) is 1.05. The van der Waals surface area contributed by atoms with E-state index in [4.69, 9.17) is 10.5 Å². The molecule has 0 unspecified atom stereocenters. The van der Waals surface area contributed by atoms with Crippen LogP contribution in [0.15, 0.2) is 36.4 Å². The van der Waals surface area contributed by atoms with E-state index >= 15 is 0 Å². The molecule has 0 aliphatic heterocycles. The van der Waals surface area contributed by atoms with E-state index in [-0.39, 0.29) is 11.7 Å². The van der Waals surface area contributed by atoms with Crippen LogP contribution < -0.4 is 10.5 Å². The van der Waals surface area contributed by atoms with Crippen molar-refractivity contribution in [3.05, 3.63) is 58.7 Å². The smallest absolute Gasteiger partial charge is 0.195 e. The van der Waals surface area contributed by atoms with Crippen LogP contribution in [0.25, 0.3) is 0 Å². The van der Waals surface area contributed by atoms with Gasteiger partial charge < -0.3 is 10.5 Å². The van der Waals surface area contributed by atoms with Gasteiger partial charge in [0.2, 0.25) is 0 Å². The Balaban J connectivity index is 2.56. The number of aryl methyl sites for hydroxylation is 1. The number of hydrogen-bond donors (Lipinski definition) is 1. The molecule has 0 aliphatic carbocycles. The summed E-state index contributed by atoms with van der Waals surface area (Å²) in [4.78, 5) is 12.7. The first-order chi connectivity index (χ1) is 9.95. The quantitative estimate of drug-likeness (QED) is 0.683. The van der Waals surface area contributed by atoms with Crippen molar-refractivity contribution in [3.8, 4) is 5.75 Å². The van der Waals surface area contributed by atoms with E-state index < -0.39 is 0 Å². The lowest BCUT2D eigenvalue weighted by Crippen LogP contribution is -2.09. The lowest BCUT2D eigenvalue weighted by Gasteiger charge is -2.16. The second-order valence-corrected chi connectivity index (χ2v) is 5.48. The predicted molar refractivity (Wildman–Crippen MR) is 86.1 cm³/mol. The number of carbonyl (C=O) groups excluding carboxylic acids is 1. The van der Waals surface area contributed by atoms with Gasteiger partial charge >= 0.3 is 0 Å². The molecule has 2 aromatic carbocycles. The van der Waals surface area contributed by atoms with Gasteiger partial charge in [-0.2, -0.15) is 0 Å². The van der Waals surface area contributed by atoms with Crippen LogP contribution in [0.1, 0.15) is 46.8 Å². The summed E-state index contributed by atoms with van der Waals surface area (Å²) in [6.45, 7) is 6.08. The van der Waals surface area contributed by atoms with Crippen LogP contribution in [0.2, 0.25) is 0 Å². The summed E-state index contributed by atoms with van der Waals surface area (Å²) in [7, 11) is 1.65. The molecular formula is C18H21NO2. The molecule has 0 bridgehead atoms. The number of nitrogens with two attached hydrogens (primary N) is 1. The summed E-state index contributed by atoms with van der Waals surface area (Å²) in [5.41, 5.74) is 9.56. The van der Waals surface area contributed by atoms with Gasteiger partial charge in [0.25, 0.3) is 0 Å². The highest BCUT2D eigenvalue weighted by Gasteiger charge is 2.18. The van der Waals surface area contributed by atoms with Crippen molar-refractivity contribution in [2.24, 2.45) is 0 Å². The predicted octanol–water partition coefficient (Wildman–Crippen LogP) is 3.94. The maximum atomic E-state index is 12.7. The van der Waals surface area contributed by atoms with E-state index in [0.717, 1.165) is 16.9 Å². The fourth-order valence-corrected chi connectivity index (χ4v) is 2.42. The second-order valence-electron chi connectivity index (χ2n) is 5.48. The van der Waals surface area contributed by atoms with Gasteiger partial charge in [-0.1, -0.05) is 26.0 Å². The highest BCUT2D eigenvalue weighted by atomic mass is 16.5. The topological polar surface area (TPSA) is 52.3 Å². The number of carbonyl (C=O) groups is 1. The first kappa shape index (κ1) is 15.1. The van der Waals surface area contributed by atoms with E-state index in [1.54, 1.807) is 19.2 Å². The van der Waals surface area contributed by atoms with Crippen LogP contribution >= 0.6 is 0 Å². The van der Waals surface area contributed by atoms with Crippen molar-refractivity contribution >= 4 is 11.5 Å². The van der Waals surface area contributed by atoms with Gasteiger partial charge in [0, 0.05) is 16.8 Å². The number of para-hydroxylation sites is 1. The molecule has 0 saturated carbocycles. The molecule has 3 heteroatoms. The molecule has 2 N–H and O–H groups in total. The first-order valence-electron chi connectivity index (χ1n) is 7.03. The van der Waals surface area contributed by atoms with Crippen LogP contribution in [-0.2, 0) is 0 Å². The summed E-state index contributed by atoms with van der Waals surface area (Å²) < 4.78 is 5.42. The number of methoxy groups -OCH3 is 1. The van der Waals surface area contributed by atoms with E-state index in [0.29, 0.717) is 16.8 Å². The lowest BCUT2D eigenvalue weighted by atomic mass is 9.92. The van der Waals surface area contributed by atoms with Crippen molar-refractivity contribution in [1.29, 1.82) is 0 Å². The molecule has 3 nitrogen and oxygen atoms in total. The highest BCUT2D eigenvalue weighted by Crippen LogP contribution is 2.31. The fourth-order valence-electron chi connectivity index (χ4n) is 2.42. The fraction of sp³-hybridized carbons (Fsp3) is 0.278. The average Bonchev–Trinajstić information content (AvgIpc) is 2.46. The normalized spacial score (nSPS) is 10.7. The van der Waals surface area contributed by atoms with Gasteiger partial charge in [0.15, 0.2) is 5.78 Å². The molecule has 0 aromatic heterocycles. The number of rotatable bonds is 4. The van der Waals surface area contributed by atoms with Crippen molar-refractivity contribution in [3.63, 3.8) is 0 Å². The third-order valence-electron chi connectivity index (χ3n) is 3.65. The number of anilines is 1. The van der Waals surface area contributed by atoms with Gasteiger partial charge in [0.1, 0.15) is 5.75 Å². The molecule has 2 aromatic rings. The summed E-state index contributed by atoms with van der Waals surface area (Å²) in [6, 6.07) is 11.0. The van der Waals surface area contributed by atoms with Crippen molar-refractivity contribution < 1.29 is 9.53 Å².